The highest BCUT2D eigenvalue weighted by atomic mass is 32.1. The molecule has 3 aromatic rings. The molecule has 8 heteroatoms. The average molecular weight is 413 g/mol. The van der Waals surface area contributed by atoms with Gasteiger partial charge in [0, 0.05) is 19.5 Å². The first-order valence-electron chi connectivity index (χ1n) is 9.83. The molecule has 1 aliphatic heterocycles. The lowest BCUT2D eigenvalue weighted by Gasteiger charge is -2.26. The van der Waals surface area contributed by atoms with Crippen molar-refractivity contribution in [1.29, 1.82) is 0 Å². The van der Waals surface area contributed by atoms with E-state index < -0.39 is 0 Å². The van der Waals surface area contributed by atoms with Crippen LogP contribution >= 0.6 is 11.3 Å². The molecule has 0 spiro atoms. The summed E-state index contributed by atoms with van der Waals surface area (Å²) < 4.78 is 5.44. The molecule has 154 valence electrons. The smallest absolute Gasteiger partial charge is 0.186 e. The summed E-state index contributed by atoms with van der Waals surface area (Å²) in [5.74, 6) is 11.6. The predicted molar refractivity (Wildman–Crippen MR) is 121 cm³/mol. The lowest BCUT2D eigenvalue weighted by Crippen LogP contribution is -2.36. The number of hydrogen-bond donors (Lipinski definition) is 3. The number of morpholine rings is 1. The summed E-state index contributed by atoms with van der Waals surface area (Å²) in [7, 11) is 0. The van der Waals surface area contributed by atoms with Gasteiger partial charge >= 0.3 is 0 Å². The fourth-order valence-electron chi connectivity index (χ4n) is 3.24. The van der Waals surface area contributed by atoms with Crippen LogP contribution in [0.3, 0.4) is 0 Å². The van der Waals surface area contributed by atoms with Crippen molar-refractivity contribution in [3.05, 3.63) is 58.6 Å². The molecule has 0 saturated carbocycles. The van der Waals surface area contributed by atoms with Crippen LogP contribution in [0.5, 0.6) is 0 Å². The zero-order chi connectivity index (χ0) is 20.6. The minimum atomic E-state index is 0.447. The zero-order valence-corrected chi connectivity index (χ0v) is 17.7. The van der Waals surface area contributed by atoms with E-state index >= 15 is 0 Å². The third-order valence-corrected chi connectivity index (χ3v) is 5.80. The van der Waals surface area contributed by atoms with Crippen molar-refractivity contribution in [2.45, 2.75) is 20.3 Å². The second kappa shape index (κ2) is 10.2. The molecule has 2 aromatic carbocycles. The molecule has 7 nitrogen and oxygen atoms in total. The first kappa shape index (κ1) is 21.0. The van der Waals surface area contributed by atoms with Crippen molar-refractivity contribution in [2.24, 2.45) is 16.8 Å². The lowest BCUT2D eigenvalue weighted by molar-refractivity contribution is 0.122. The van der Waals surface area contributed by atoms with E-state index in [-0.39, 0.29) is 0 Å². The molecule has 1 aliphatic rings. The van der Waals surface area contributed by atoms with Crippen LogP contribution in [-0.4, -0.2) is 37.1 Å². The summed E-state index contributed by atoms with van der Waals surface area (Å²) in [5, 5.41) is 7.18. The Morgan fingerprint density at radius 1 is 1.17 bits per heavy atom. The highest BCUT2D eigenvalue weighted by Gasteiger charge is 2.21. The van der Waals surface area contributed by atoms with Gasteiger partial charge in [-0.1, -0.05) is 67.6 Å². The molecule has 29 heavy (non-hydrogen) atoms. The van der Waals surface area contributed by atoms with Gasteiger partial charge in [-0.05, 0) is 16.3 Å². The number of nitrogens with zero attached hydrogens (tertiary/aromatic N) is 3. The summed E-state index contributed by atoms with van der Waals surface area (Å²) in [5.41, 5.74) is 4.69. The minimum Gasteiger partial charge on any atom is -0.378 e. The number of hydrazone groups is 1. The summed E-state index contributed by atoms with van der Waals surface area (Å²) in [4.78, 5) is 7.98. The molecule has 1 fully saturated rings. The molecule has 4 rings (SSSR count). The number of nitrogens with two attached hydrogens (primary N) is 2. The van der Waals surface area contributed by atoms with Gasteiger partial charge in [-0.15, -0.1) is 0 Å². The van der Waals surface area contributed by atoms with Gasteiger partial charge in [-0.3, -0.25) is 0 Å². The van der Waals surface area contributed by atoms with Crippen LogP contribution < -0.4 is 22.0 Å². The van der Waals surface area contributed by atoms with E-state index in [1.165, 1.54) is 16.3 Å². The van der Waals surface area contributed by atoms with Crippen LogP contribution in [0.25, 0.3) is 10.8 Å². The molecule has 2 heterocycles. The van der Waals surface area contributed by atoms with Gasteiger partial charge in [0.2, 0.25) is 0 Å². The number of aromatic nitrogens is 1. The topological polar surface area (TPSA) is 102 Å². The van der Waals surface area contributed by atoms with Gasteiger partial charge in [-0.2, -0.15) is 5.10 Å². The Kier molecular flexibility index (Phi) is 7.40. The van der Waals surface area contributed by atoms with Crippen LogP contribution in [0, 0.1) is 0 Å². The number of thiazole rings is 1. The van der Waals surface area contributed by atoms with E-state index in [0.29, 0.717) is 25.5 Å². The van der Waals surface area contributed by atoms with E-state index in [0.717, 1.165) is 28.8 Å². The predicted octanol–water partition coefficient (Wildman–Crippen LogP) is 2.83. The maximum atomic E-state index is 5.62. The second-order valence-corrected chi connectivity index (χ2v) is 7.33. The first-order chi connectivity index (χ1) is 14.3. The molecule has 0 bridgehead atoms. The summed E-state index contributed by atoms with van der Waals surface area (Å²) in [6, 6.07) is 14.8. The van der Waals surface area contributed by atoms with E-state index in [1.807, 2.05) is 19.9 Å². The number of benzene rings is 2. The Labute approximate surface area is 175 Å². The number of nitrogens with one attached hydrogen (secondary N) is 1. The summed E-state index contributed by atoms with van der Waals surface area (Å²) in [6.07, 6.45) is 0.682. The monoisotopic (exact) mass is 412 g/mol. The van der Waals surface area contributed by atoms with Crippen molar-refractivity contribution >= 4 is 33.1 Å². The fraction of sp³-hybridized carbons (Fsp3) is 0.333. The number of amidine groups is 1. The van der Waals surface area contributed by atoms with Gasteiger partial charge in [0.25, 0.3) is 0 Å². The molecule has 0 atom stereocenters. The van der Waals surface area contributed by atoms with Crippen molar-refractivity contribution in [2.75, 3.05) is 31.2 Å². The maximum Gasteiger partial charge on any atom is 0.186 e. The molecule has 0 aliphatic carbocycles. The van der Waals surface area contributed by atoms with Gasteiger partial charge in [0.15, 0.2) is 11.0 Å². The third kappa shape index (κ3) is 4.84. The van der Waals surface area contributed by atoms with Crippen LogP contribution in [0.15, 0.2) is 47.6 Å². The molecule has 1 aromatic heterocycles. The number of ether oxygens (including phenoxy) is 1. The Morgan fingerprint density at radius 2 is 1.90 bits per heavy atom. The fourth-order valence-corrected chi connectivity index (χ4v) is 4.33. The number of hydrazine groups is 1. The lowest BCUT2D eigenvalue weighted by atomic mass is 10.0. The summed E-state index contributed by atoms with van der Waals surface area (Å²) in [6.45, 7) is 7.07. The normalized spacial score (nSPS) is 14.4. The number of rotatable bonds is 4. The maximum absolute atomic E-state index is 5.62. The Morgan fingerprint density at radius 3 is 2.59 bits per heavy atom. The number of anilines is 1. The van der Waals surface area contributed by atoms with Crippen LogP contribution in [0.2, 0.25) is 0 Å². The first-order valence-corrected chi connectivity index (χ1v) is 10.6. The minimum absolute atomic E-state index is 0.447. The Hall–Kier alpha value is -2.68. The Bertz CT molecular complexity index is 965. The standard InChI is InChI=1S/C19H22N6OS.C2H6/c20-23-18(24-21)17-16(22-19(27-17)25-7-9-26-10-8-25)12-13-5-6-14-3-1-2-4-15(14)11-13;1-2/h1-6,11H,7-10,12,20-21H2,(H,23,24);1-2H3. The van der Waals surface area contributed by atoms with Gasteiger partial charge < -0.3 is 20.9 Å². The van der Waals surface area contributed by atoms with Gasteiger partial charge in [0.05, 0.1) is 23.8 Å². The molecule has 1 saturated heterocycles. The van der Waals surface area contributed by atoms with E-state index in [4.69, 9.17) is 21.4 Å². The molecular formula is C21H28N6OS. The van der Waals surface area contributed by atoms with E-state index in [2.05, 4.69) is 51.8 Å². The molecule has 0 unspecified atom stereocenters. The average Bonchev–Trinajstić information content (AvgIpc) is 3.20. The van der Waals surface area contributed by atoms with Crippen LogP contribution in [0.1, 0.15) is 30.0 Å². The van der Waals surface area contributed by atoms with Gasteiger partial charge in [-0.25, -0.2) is 10.8 Å². The van der Waals surface area contributed by atoms with Crippen LogP contribution in [-0.2, 0) is 11.2 Å². The highest BCUT2D eigenvalue weighted by Crippen LogP contribution is 2.29. The van der Waals surface area contributed by atoms with Crippen molar-refractivity contribution in [3.8, 4) is 0 Å². The zero-order valence-electron chi connectivity index (χ0n) is 16.9. The largest absolute Gasteiger partial charge is 0.378 e. The molecular weight excluding hydrogens is 384 g/mol. The number of fused-ring (bicyclic) bond motifs is 1. The molecule has 5 N–H and O–H groups in total. The van der Waals surface area contributed by atoms with Crippen molar-refractivity contribution < 1.29 is 4.74 Å². The van der Waals surface area contributed by atoms with Crippen LogP contribution in [0.4, 0.5) is 5.13 Å². The highest BCUT2D eigenvalue weighted by molar-refractivity contribution is 7.17. The molecule has 0 radical (unpaired) electrons. The van der Waals surface area contributed by atoms with E-state index in [9.17, 15) is 0 Å². The van der Waals surface area contributed by atoms with E-state index in [1.54, 1.807) is 11.3 Å². The molecule has 0 amide bonds. The van der Waals surface area contributed by atoms with Gasteiger partial charge in [0.1, 0.15) is 0 Å². The van der Waals surface area contributed by atoms with Crippen molar-refractivity contribution in [1.82, 2.24) is 10.4 Å². The second-order valence-electron chi connectivity index (χ2n) is 6.35. The Balaban J connectivity index is 0.00000117. The number of hydrogen-bond acceptors (Lipinski definition) is 7. The summed E-state index contributed by atoms with van der Waals surface area (Å²) >= 11 is 1.55. The SMILES string of the molecule is CC.N/N=C(\NN)c1sc(N2CCOCC2)nc1Cc1ccc2ccccc2c1. The van der Waals surface area contributed by atoms with Crippen molar-refractivity contribution in [3.63, 3.8) is 0 Å². The quantitative estimate of drug-likeness (QED) is 0.264. The third-order valence-electron chi connectivity index (χ3n) is 4.63.